The lowest BCUT2D eigenvalue weighted by atomic mass is 10.1. The van der Waals surface area contributed by atoms with E-state index in [1.165, 1.54) is 14.2 Å². The van der Waals surface area contributed by atoms with Crippen LogP contribution in [0.2, 0.25) is 5.02 Å². The van der Waals surface area contributed by atoms with E-state index >= 15 is 0 Å². The summed E-state index contributed by atoms with van der Waals surface area (Å²) >= 11 is 9.47. The second kappa shape index (κ2) is 7.51. The lowest BCUT2D eigenvalue weighted by Crippen LogP contribution is -2.15. The number of rotatable bonds is 5. The highest BCUT2D eigenvalue weighted by Crippen LogP contribution is 2.35. The summed E-state index contributed by atoms with van der Waals surface area (Å²) in [6.07, 6.45) is 0.246. The van der Waals surface area contributed by atoms with E-state index in [1.54, 1.807) is 12.1 Å². The van der Waals surface area contributed by atoms with Gasteiger partial charge in [0.05, 0.1) is 31.4 Å². The zero-order chi connectivity index (χ0) is 16.1. The molecule has 0 bridgehead atoms. The minimum atomic E-state index is -0.158. The Hall–Kier alpha value is -1.72. The van der Waals surface area contributed by atoms with Crippen molar-refractivity contribution in [2.45, 2.75) is 6.42 Å². The highest BCUT2D eigenvalue weighted by Gasteiger charge is 2.13. The van der Waals surface area contributed by atoms with Crippen LogP contribution in [0.3, 0.4) is 0 Å². The van der Waals surface area contributed by atoms with Crippen LogP contribution in [0.15, 0.2) is 40.9 Å². The number of hydrogen-bond donors (Lipinski definition) is 1. The van der Waals surface area contributed by atoms with Crippen LogP contribution in [0.4, 0.5) is 5.69 Å². The molecule has 2 rings (SSSR count). The molecule has 0 radical (unpaired) electrons. The maximum Gasteiger partial charge on any atom is 0.228 e. The number of hydrogen-bond acceptors (Lipinski definition) is 3. The molecule has 1 N–H and O–H groups in total. The van der Waals surface area contributed by atoms with Crippen LogP contribution < -0.4 is 14.8 Å². The third-order valence-electron chi connectivity index (χ3n) is 3.06. The molecule has 0 aliphatic heterocycles. The van der Waals surface area contributed by atoms with Gasteiger partial charge < -0.3 is 14.8 Å². The summed E-state index contributed by atoms with van der Waals surface area (Å²) in [7, 11) is 3.03. The van der Waals surface area contributed by atoms with Gasteiger partial charge in [-0.2, -0.15) is 0 Å². The molecule has 0 fully saturated rings. The van der Waals surface area contributed by atoms with E-state index in [4.69, 9.17) is 21.1 Å². The fourth-order valence-electron chi connectivity index (χ4n) is 1.97. The minimum Gasteiger partial charge on any atom is -0.495 e. The Morgan fingerprint density at radius 2 is 1.86 bits per heavy atom. The number of halogens is 2. The Bertz CT molecular complexity index is 691. The van der Waals surface area contributed by atoms with Crippen molar-refractivity contribution in [3.05, 3.63) is 51.5 Å². The first kappa shape index (κ1) is 16.6. The fourth-order valence-corrected chi connectivity index (χ4v) is 2.62. The molecule has 0 saturated carbocycles. The summed E-state index contributed by atoms with van der Waals surface area (Å²) in [5.74, 6) is 0.791. The van der Waals surface area contributed by atoms with E-state index in [2.05, 4.69) is 21.2 Å². The number of nitrogens with one attached hydrogen (secondary N) is 1. The average molecular weight is 385 g/mol. The van der Waals surface area contributed by atoms with E-state index < -0.39 is 0 Å². The first-order chi connectivity index (χ1) is 10.5. The van der Waals surface area contributed by atoms with Crippen LogP contribution in [0.25, 0.3) is 0 Å². The second-order valence-corrected chi connectivity index (χ2v) is 5.76. The zero-order valence-corrected chi connectivity index (χ0v) is 14.5. The number of carbonyl (C=O) groups excluding carboxylic acids is 1. The molecule has 2 aromatic carbocycles. The van der Waals surface area contributed by atoms with Crippen molar-refractivity contribution in [3.8, 4) is 11.5 Å². The monoisotopic (exact) mass is 383 g/mol. The maximum atomic E-state index is 12.2. The number of ether oxygens (including phenoxy) is 2. The van der Waals surface area contributed by atoms with E-state index in [0.29, 0.717) is 22.2 Å². The Labute approximate surface area is 142 Å². The van der Waals surface area contributed by atoms with Gasteiger partial charge in [0, 0.05) is 16.6 Å². The Balaban J connectivity index is 2.19. The molecule has 4 nitrogen and oxygen atoms in total. The van der Waals surface area contributed by atoms with Crippen molar-refractivity contribution in [2.24, 2.45) is 0 Å². The average Bonchev–Trinajstić information content (AvgIpc) is 2.50. The fraction of sp³-hybridized carbons (Fsp3) is 0.188. The number of carbonyl (C=O) groups is 1. The summed E-state index contributed by atoms with van der Waals surface area (Å²) in [5.41, 5.74) is 1.42. The van der Waals surface area contributed by atoms with Gasteiger partial charge in [-0.3, -0.25) is 4.79 Å². The SMILES string of the molecule is COc1cc(NC(=O)Cc2ccccc2Br)c(OC)cc1Cl. The number of amides is 1. The van der Waals surface area contributed by atoms with Gasteiger partial charge >= 0.3 is 0 Å². The molecule has 0 atom stereocenters. The molecule has 0 unspecified atom stereocenters. The van der Waals surface area contributed by atoms with Gasteiger partial charge in [0.1, 0.15) is 11.5 Å². The molecule has 0 aliphatic rings. The molecule has 1 amide bonds. The molecule has 2 aromatic rings. The molecule has 0 heterocycles. The second-order valence-electron chi connectivity index (χ2n) is 4.50. The highest BCUT2D eigenvalue weighted by atomic mass is 79.9. The quantitative estimate of drug-likeness (QED) is 0.836. The summed E-state index contributed by atoms with van der Waals surface area (Å²) in [6.45, 7) is 0. The molecular formula is C16H15BrClNO3. The van der Waals surface area contributed by atoms with Crippen LogP contribution in [0.5, 0.6) is 11.5 Å². The van der Waals surface area contributed by atoms with Crippen molar-refractivity contribution in [2.75, 3.05) is 19.5 Å². The van der Waals surface area contributed by atoms with Gasteiger partial charge in [-0.25, -0.2) is 0 Å². The van der Waals surface area contributed by atoms with Gasteiger partial charge in [-0.1, -0.05) is 45.7 Å². The first-order valence-electron chi connectivity index (χ1n) is 6.50. The van der Waals surface area contributed by atoms with Crippen LogP contribution >= 0.6 is 27.5 Å². The van der Waals surface area contributed by atoms with Gasteiger partial charge in [0.2, 0.25) is 5.91 Å². The van der Waals surface area contributed by atoms with Crippen molar-refractivity contribution < 1.29 is 14.3 Å². The first-order valence-corrected chi connectivity index (χ1v) is 7.67. The van der Waals surface area contributed by atoms with Gasteiger partial charge in [-0.15, -0.1) is 0 Å². The predicted molar refractivity (Wildman–Crippen MR) is 91.0 cm³/mol. The molecule has 116 valence electrons. The van der Waals surface area contributed by atoms with Crippen molar-refractivity contribution in [1.82, 2.24) is 0 Å². The Kier molecular flexibility index (Phi) is 5.69. The maximum absolute atomic E-state index is 12.2. The summed E-state index contributed by atoms with van der Waals surface area (Å²) in [5, 5.41) is 3.24. The van der Waals surface area contributed by atoms with E-state index in [1.807, 2.05) is 24.3 Å². The van der Waals surface area contributed by atoms with Crippen LogP contribution in [-0.2, 0) is 11.2 Å². The van der Waals surface area contributed by atoms with Crippen molar-refractivity contribution in [1.29, 1.82) is 0 Å². The lowest BCUT2D eigenvalue weighted by molar-refractivity contribution is -0.115. The van der Waals surface area contributed by atoms with Crippen molar-refractivity contribution in [3.63, 3.8) is 0 Å². The van der Waals surface area contributed by atoms with Gasteiger partial charge in [-0.05, 0) is 11.6 Å². The molecule has 0 aliphatic carbocycles. The standard InChI is InChI=1S/C16H15BrClNO3/c1-21-14-9-13(15(22-2)8-12(14)18)19-16(20)7-10-5-3-4-6-11(10)17/h3-6,8-9H,7H2,1-2H3,(H,19,20). The topological polar surface area (TPSA) is 47.6 Å². The highest BCUT2D eigenvalue weighted by molar-refractivity contribution is 9.10. The van der Waals surface area contributed by atoms with Crippen LogP contribution in [0.1, 0.15) is 5.56 Å². The molecular weight excluding hydrogens is 370 g/mol. The molecule has 0 spiro atoms. The third kappa shape index (κ3) is 3.93. The van der Waals surface area contributed by atoms with Crippen LogP contribution in [-0.4, -0.2) is 20.1 Å². The molecule has 6 heteroatoms. The zero-order valence-electron chi connectivity index (χ0n) is 12.2. The normalized spacial score (nSPS) is 10.2. The van der Waals surface area contributed by atoms with Crippen LogP contribution in [0, 0.1) is 0 Å². The summed E-state index contributed by atoms with van der Waals surface area (Å²) in [4.78, 5) is 12.2. The third-order valence-corrected chi connectivity index (χ3v) is 4.13. The Morgan fingerprint density at radius 3 is 2.50 bits per heavy atom. The van der Waals surface area contributed by atoms with Gasteiger partial charge in [0.15, 0.2) is 0 Å². The Morgan fingerprint density at radius 1 is 1.18 bits per heavy atom. The minimum absolute atomic E-state index is 0.158. The van der Waals surface area contributed by atoms with Gasteiger partial charge in [0.25, 0.3) is 0 Å². The molecule has 22 heavy (non-hydrogen) atoms. The van der Waals surface area contributed by atoms with Crippen molar-refractivity contribution >= 4 is 39.1 Å². The van der Waals surface area contributed by atoms with E-state index in [-0.39, 0.29) is 12.3 Å². The van der Waals surface area contributed by atoms with E-state index in [0.717, 1.165) is 10.0 Å². The summed E-state index contributed by atoms with van der Waals surface area (Å²) in [6, 6.07) is 10.8. The molecule has 0 aromatic heterocycles. The molecule has 0 saturated heterocycles. The lowest BCUT2D eigenvalue weighted by Gasteiger charge is -2.13. The summed E-state index contributed by atoms with van der Waals surface area (Å²) < 4.78 is 11.3. The van der Waals surface area contributed by atoms with E-state index in [9.17, 15) is 4.79 Å². The predicted octanol–water partition coefficient (Wildman–Crippen LogP) is 4.30. The largest absolute Gasteiger partial charge is 0.495 e. The number of benzene rings is 2. The number of anilines is 1. The number of methoxy groups -OCH3 is 2. The smallest absolute Gasteiger partial charge is 0.228 e.